The molecule has 0 aliphatic carbocycles. The molecule has 0 unspecified atom stereocenters. The molecular weight excluding hydrogens is 266 g/mol. The number of hydrogen-bond acceptors (Lipinski definition) is 2. The zero-order chi connectivity index (χ0) is 15.9. The number of rotatable bonds is 8. The Labute approximate surface area is 126 Å². The van der Waals surface area contributed by atoms with Crippen LogP contribution in [0.5, 0.6) is 0 Å². The van der Waals surface area contributed by atoms with Gasteiger partial charge in [0.05, 0.1) is 0 Å². The van der Waals surface area contributed by atoms with Gasteiger partial charge < -0.3 is 10.4 Å². The predicted octanol–water partition coefficient (Wildman–Crippen LogP) is 3.03. The molecule has 0 radical (unpaired) electrons. The molecule has 0 spiro atoms. The van der Waals surface area contributed by atoms with Crippen LogP contribution in [0.3, 0.4) is 0 Å². The highest BCUT2D eigenvalue weighted by Gasteiger charge is 2.22. The monoisotopic (exact) mass is 291 g/mol. The molecule has 0 bridgehead atoms. The third-order valence-electron chi connectivity index (χ3n) is 3.65. The van der Waals surface area contributed by atoms with Crippen LogP contribution in [-0.2, 0) is 15.0 Å². The van der Waals surface area contributed by atoms with E-state index < -0.39 is 5.97 Å². The molecule has 1 amide bonds. The number of nitrogens with one attached hydrogen (secondary N) is 1. The summed E-state index contributed by atoms with van der Waals surface area (Å²) in [6.07, 6.45) is 1.67. The van der Waals surface area contributed by atoms with Gasteiger partial charge in [0.25, 0.3) is 0 Å². The van der Waals surface area contributed by atoms with E-state index in [-0.39, 0.29) is 17.7 Å². The second kappa shape index (κ2) is 7.81. The molecular formula is C17H25NO3. The predicted molar refractivity (Wildman–Crippen MR) is 83.3 cm³/mol. The van der Waals surface area contributed by atoms with Crippen LogP contribution >= 0.6 is 0 Å². The smallest absolute Gasteiger partial charge is 0.303 e. The minimum Gasteiger partial charge on any atom is -0.481 e. The number of carbonyl (C=O) groups excluding carboxylic acids is 1. The number of hydrogen-bond donors (Lipinski definition) is 2. The summed E-state index contributed by atoms with van der Waals surface area (Å²) < 4.78 is 0. The van der Waals surface area contributed by atoms with Crippen molar-refractivity contribution < 1.29 is 14.7 Å². The molecule has 0 atom stereocenters. The third-order valence-corrected chi connectivity index (χ3v) is 3.65. The second-order valence-electron chi connectivity index (χ2n) is 6.08. The van der Waals surface area contributed by atoms with Crippen molar-refractivity contribution in [1.82, 2.24) is 5.32 Å². The minimum absolute atomic E-state index is 0.0120. The molecule has 21 heavy (non-hydrogen) atoms. The molecule has 2 N–H and O–H groups in total. The van der Waals surface area contributed by atoms with Gasteiger partial charge in [-0.05, 0) is 30.9 Å². The van der Waals surface area contributed by atoms with Crippen LogP contribution in [0.2, 0.25) is 0 Å². The molecule has 0 aromatic heterocycles. The molecule has 0 heterocycles. The normalized spacial score (nSPS) is 11.2. The Morgan fingerprint density at radius 3 is 2.38 bits per heavy atom. The highest BCUT2D eigenvalue weighted by Crippen LogP contribution is 2.25. The summed E-state index contributed by atoms with van der Waals surface area (Å²) in [6, 6.07) is 8.19. The van der Waals surface area contributed by atoms with Crippen molar-refractivity contribution in [2.75, 3.05) is 6.54 Å². The first-order valence-corrected chi connectivity index (χ1v) is 7.37. The van der Waals surface area contributed by atoms with Crippen molar-refractivity contribution in [3.63, 3.8) is 0 Å². The van der Waals surface area contributed by atoms with E-state index in [9.17, 15) is 9.59 Å². The second-order valence-corrected chi connectivity index (χ2v) is 6.08. The standard InChI is InChI=1S/C17H25NO3/c1-13-8-4-5-9-14(13)17(2,3)12-18-15(19)10-6-7-11-16(20)21/h4-5,8-9H,6-7,10-12H2,1-3H3,(H,18,19)(H,20,21). The average molecular weight is 291 g/mol. The van der Waals surface area contributed by atoms with Crippen LogP contribution in [-0.4, -0.2) is 23.5 Å². The Hall–Kier alpha value is -1.84. The van der Waals surface area contributed by atoms with Crippen LogP contribution in [0.25, 0.3) is 0 Å². The Morgan fingerprint density at radius 2 is 1.76 bits per heavy atom. The van der Waals surface area contributed by atoms with E-state index in [2.05, 4.69) is 38.2 Å². The van der Waals surface area contributed by atoms with Crippen molar-refractivity contribution >= 4 is 11.9 Å². The third kappa shape index (κ3) is 5.98. The number of carboxylic acids is 1. The number of carboxylic acid groups (broad SMARTS) is 1. The molecule has 4 heteroatoms. The number of carbonyl (C=O) groups is 2. The van der Waals surface area contributed by atoms with Crippen LogP contribution in [0, 0.1) is 6.92 Å². The molecule has 0 aliphatic rings. The summed E-state index contributed by atoms with van der Waals surface area (Å²) in [5, 5.41) is 11.5. The van der Waals surface area contributed by atoms with E-state index >= 15 is 0 Å². The highest BCUT2D eigenvalue weighted by atomic mass is 16.4. The maximum absolute atomic E-state index is 11.8. The number of benzene rings is 1. The van der Waals surface area contributed by atoms with Gasteiger partial charge in [0, 0.05) is 24.8 Å². The highest BCUT2D eigenvalue weighted by molar-refractivity contribution is 5.76. The maximum Gasteiger partial charge on any atom is 0.303 e. The van der Waals surface area contributed by atoms with Crippen molar-refractivity contribution in [3.05, 3.63) is 35.4 Å². The van der Waals surface area contributed by atoms with Crippen molar-refractivity contribution in [2.24, 2.45) is 0 Å². The van der Waals surface area contributed by atoms with Gasteiger partial charge in [-0.15, -0.1) is 0 Å². The van der Waals surface area contributed by atoms with Gasteiger partial charge in [-0.3, -0.25) is 9.59 Å². The molecule has 1 rings (SSSR count). The van der Waals surface area contributed by atoms with Crippen molar-refractivity contribution in [1.29, 1.82) is 0 Å². The van der Waals surface area contributed by atoms with E-state index in [1.165, 1.54) is 11.1 Å². The number of amides is 1. The lowest BCUT2D eigenvalue weighted by Crippen LogP contribution is -2.37. The first kappa shape index (κ1) is 17.2. The molecule has 0 fully saturated rings. The largest absolute Gasteiger partial charge is 0.481 e. The number of aryl methyl sites for hydroxylation is 1. The number of unbranched alkanes of at least 4 members (excludes halogenated alkanes) is 1. The molecule has 4 nitrogen and oxygen atoms in total. The van der Waals surface area contributed by atoms with Gasteiger partial charge in [-0.25, -0.2) is 0 Å². The molecule has 0 saturated carbocycles. The lowest BCUT2D eigenvalue weighted by Gasteiger charge is -2.27. The van der Waals surface area contributed by atoms with Gasteiger partial charge in [0.1, 0.15) is 0 Å². The zero-order valence-corrected chi connectivity index (χ0v) is 13.1. The van der Waals surface area contributed by atoms with Gasteiger partial charge in [0.2, 0.25) is 5.91 Å². The Kier molecular flexibility index (Phi) is 6.40. The van der Waals surface area contributed by atoms with Crippen molar-refractivity contribution in [3.8, 4) is 0 Å². The van der Waals surface area contributed by atoms with Crippen molar-refractivity contribution in [2.45, 2.75) is 51.9 Å². The van der Waals surface area contributed by atoms with Crippen LogP contribution in [0.15, 0.2) is 24.3 Å². The van der Waals surface area contributed by atoms with Gasteiger partial charge in [0.15, 0.2) is 0 Å². The Bertz CT molecular complexity index is 495. The molecule has 116 valence electrons. The van der Waals surface area contributed by atoms with Gasteiger partial charge in [-0.1, -0.05) is 38.1 Å². The summed E-state index contributed by atoms with van der Waals surface area (Å²) >= 11 is 0. The molecule has 0 saturated heterocycles. The molecule has 1 aromatic rings. The summed E-state index contributed by atoms with van der Waals surface area (Å²) in [5.74, 6) is -0.821. The topological polar surface area (TPSA) is 66.4 Å². The van der Waals surface area contributed by atoms with E-state index in [1.807, 2.05) is 12.1 Å². The summed E-state index contributed by atoms with van der Waals surface area (Å²) in [5.41, 5.74) is 2.33. The number of aliphatic carboxylic acids is 1. The quantitative estimate of drug-likeness (QED) is 0.723. The molecule has 0 aliphatic heterocycles. The van der Waals surface area contributed by atoms with Crippen LogP contribution < -0.4 is 5.32 Å². The minimum atomic E-state index is -0.809. The van der Waals surface area contributed by atoms with Crippen LogP contribution in [0.4, 0.5) is 0 Å². The van der Waals surface area contributed by atoms with E-state index in [0.717, 1.165) is 0 Å². The summed E-state index contributed by atoms with van der Waals surface area (Å²) in [7, 11) is 0. The van der Waals surface area contributed by atoms with E-state index in [0.29, 0.717) is 25.8 Å². The average Bonchev–Trinajstić information content (AvgIpc) is 2.41. The fourth-order valence-corrected chi connectivity index (χ4v) is 2.40. The fourth-order valence-electron chi connectivity index (χ4n) is 2.40. The van der Waals surface area contributed by atoms with E-state index in [1.54, 1.807) is 0 Å². The first-order valence-electron chi connectivity index (χ1n) is 7.37. The Balaban J connectivity index is 2.41. The zero-order valence-electron chi connectivity index (χ0n) is 13.1. The fraction of sp³-hybridized carbons (Fsp3) is 0.529. The maximum atomic E-state index is 11.8. The van der Waals surface area contributed by atoms with Gasteiger partial charge >= 0.3 is 5.97 Å². The first-order chi connectivity index (χ1) is 9.83. The lowest BCUT2D eigenvalue weighted by atomic mass is 9.82. The Morgan fingerprint density at radius 1 is 1.14 bits per heavy atom. The SMILES string of the molecule is Cc1ccccc1C(C)(C)CNC(=O)CCCCC(=O)O. The van der Waals surface area contributed by atoms with Gasteiger partial charge in [-0.2, -0.15) is 0 Å². The summed E-state index contributed by atoms with van der Waals surface area (Å²) in [6.45, 7) is 6.88. The van der Waals surface area contributed by atoms with Crippen LogP contribution in [0.1, 0.15) is 50.7 Å². The summed E-state index contributed by atoms with van der Waals surface area (Å²) in [4.78, 5) is 22.2. The molecule has 1 aromatic carbocycles. The lowest BCUT2D eigenvalue weighted by molar-refractivity contribution is -0.137. The van der Waals surface area contributed by atoms with E-state index in [4.69, 9.17) is 5.11 Å².